The standard InChI is InChI=1S/C16H19ClN4O2/c1-10-6-16(7-10,11-3-2-4-12(17)5-11)15(23)18-8-13-19-14(9-22)21-20-13/h2-5,10,22H,6-9H2,1H3,(H,18,23)(H,19,20,21). The van der Waals surface area contributed by atoms with E-state index >= 15 is 0 Å². The molecule has 0 spiro atoms. The van der Waals surface area contributed by atoms with E-state index in [9.17, 15) is 4.79 Å². The molecule has 1 aromatic heterocycles. The lowest BCUT2D eigenvalue weighted by molar-refractivity contribution is -0.132. The largest absolute Gasteiger partial charge is 0.388 e. The van der Waals surface area contributed by atoms with E-state index in [0.717, 1.165) is 18.4 Å². The van der Waals surface area contributed by atoms with Crippen molar-refractivity contribution in [2.45, 2.75) is 38.3 Å². The summed E-state index contributed by atoms with van der Waals surface area (Å²) in [4.78, 5) is 16.9. The SMILES string of the molecule is CC1CC(C(=O)NCc2nc(CO)n[nH]2)(c2cccc(Cl)c2)C1. The second kappa shape index (κ2) is 6.29. The van der Waals surface area contributed by atoms with Crippen LogP contribution in [0.1, 0.15) is 37.0 Å². The zero-order valence-electron chi connectivity index (χ0n) is 12.8. The van der Waals surface area contributed by atoms with Crippen LogP contribution in [0.2, 0.25) is 5.02 Å². The van der Waals surface area contributed by atoms with E-state index in [2.05, 4.69) is 27.4 Å². The van der Waals surface area contributed by atoms with Gasteiger partial charge in [0.15, 0.2) is 5.82 Å². The Hall–Kier alpha value is -1.92. The van der Waals surface area contributed by atoms with Gasteiger partial charge in [-0.1, -0.05) is 30.7 Å². The maximum Gasteiger partial charge on any atom is 0.231 e. The molecule has 6 nitrogen and oxygen atoms in total. The third-order valence-corrected chi connectivity index (χ3v) is 4.58. The lowest BCUT2D eigenvalue weighted by Crippen LogP contribution is -2.52. The highest BCUT2D eigenvalue weighted by Gasteiger charge is 2.49. The number of nitrogens with one attached hydrogen (secondary N) is 2. The molecule has 3 rings (SSSR count). The highest BCUT2D eigenvalue weighted by molar-refractivity contribution is 6.30. The van der Waals surface area contributed by atoms with Crippen molar-refractivity contribution in [1.82, 2.24) is 20.5 Å². The number of aromatic amines is 1. The summed E-state index contributed by atoms with van der Waals surface area (Å²) in [7, 11) is 0. The lowest BCUT2D eigenvalue weighted by atomic mass is 9.58. The van der Waals surface area contributed by atoms with Crippen molar-refractivity contribution in [3.63, 3.8) is 0 Å². The van der Waals surface area contributed by atoms with Crippen molar-refractivity contribution < 1.29 is 9.90 Å². The predicted molar refractivity (Wildman–Crippen MR) is 85.7 cm³/mol. The molecule has 3 N–H and O–H groups in total. The van der Waals surface area contributed by atoms with Gasteiger partial charge in [-0.05, 0) is 36.5 Å². The number of aliphatic hydroxyl groups excluding tert-OH is 1. The molecule has 1 aliphatic carbocycles. The molecule has 23 heavy (non-hydrogen) atoms. The molecule has 0 bridgehead atoms. The van der Waals surface area contributed by atoms with E-state index in [-0.39, 0.29) is 19.1 Å². The number of carbonyl (C=O) groups is 1. The minimum Gasteiger partial charge on any atom is -0.388 e. The fraction of sp³-hybridized carbons (Fsp3) is 0.438. The Morgan fingerprint density at radius 3 is 2.91 bits per heavy atom. The average Bonchev–Trinajstić information content (AvgIpc) is 2.97. The quantitative estimate of drug-likeness (QED) is 0.779. The van der Waals surface area contributed by atoms with E-state index in [1.54, 1.807) is 0 Å². The smallest absolute Gasteiger partial charge is 0.231 e. The summed E-state index contributed by atoms with van der Waals surface area (Å²) < 4.78 is 0. The van der Waals surface area contributed by atoms with Crippen LogP contribution in [0, 0.1) is 5.92 Å². The van der Waals surface area contributed by atoms with Crippen LogP contribution in [0.25, 0.3) is 0 Å². The molecule has 0 atom stereocenters. The maximum atomic E-state index is 12.8. The number of amides is 1. The minimum atomic E-state index is -0.524. The number of hydrogen-bond donors (Lipinski definition) is 3. The highest BCUT2D eigenvalue weighted by atomic mass is 35.5. The van der Waals surface area contributed by atoms with E-state index in [1.165, 1.54) is 0 Å². The van der Waals surface area contributed by atoms with Crippen LogP contribution in [0.5, 0.6) is 0 Å². The van der Waals surface area contributed by atoms with Gasteiger partial charge in [-0.2, -0.15) is 5.10 Å². The summed E-state index contributed by atoms with van der Waals surface area (Å²) >= 11 is 6.09. The van der Waals surface area contributed by atoms with Gasteiger partial charge >= 0.3 is 0 Å². The van der Waals surface area contributed by atoms with Crippen molar-refractivity contribution in [2.75, 3.05) is 0 Å². The lowest BCUT2D eigenvalue weighted by Gasteiger charge is -2.45. The van der Waals surface area contributed by atoms with Crippen LogP contribution in [0.3, 0.4) is 0 Å². The molecular formula is C16H19ClN4O2. The first-order valence-corrected chi connectivity index (χ1v) is 7.96. The van der Waals surface area contributed by atoms with Crippen LogP contribution in [-0.2, 0) is 23.4 Å². The van der Waals surface area contributed by atoms with Gasteiger partial charge in [0.05, 0.1) is 12.0 Å². The molecule has 1 amide bonds. The summed E-state index contributed by atoms with van der Waals surface area (Å²) in [6.45, 7) is 2.16. The topological polar surface area (TPSA) is 90.9 Å². The van der Waals surface area contributed by atoms with E-state index in [1.807, 2.05) is 24.3 Å². The van der Waals surface area contributed by atoms with Gasteiger partial charge in [0.1, 0.15) is 12.4 Å². The van der Waals surface area contributed by atoms with Gasteiger partial charge in [0, 0.05) is 5.02 Å². The fourth-order valence-electron chi connectivity index (χ4n) is 3.29. The molecule has 1 aliphatic rings. The minimum absolute atomic E-state index is 0.0279. The summed E-state index contributed by atoms with van der Waals surface area (Å²) in [6.07, 6.45) is 1.61. The Labute approximate surface area is 139 Å². The van der Waals surface area contributed by atoms with Crippen molar-refractivity contribution in [2.24, 2.45) is 5.92 Å². The van der Waals surface area contributed by atoms with Crippen molar-refractivity contribution in [3.05, 3.63) is 46.5 Å². The van der Waals surface area contributed by atoms with E-state index in [0.29, 0.717) is 22.6 Å². The van der Waals surface area contributed by atoms with Gasteiger partial charge < -0.3 is 10.4 Å². The Morgan fingerprint density at radius 2 is 2.30 bits per heavy atom. The van der Waals surface area contributed by atoms with Crippen LogP contribution in [0.15, 0.2) is 24.3 Å². The average molecular weight is 335 g/mol. The molecule has 122 valence electrons. The molecule has 2 aromatic rings. The molecule has 1 heterocycles. The van der Waals surface area contributed by atoms with E-state index < -0.39 is 5.41 Å². The molecular weight excluding hydrogens is 316 g/mol. The summed E-state index contributed by atoms with van der Waals surface area (Å²) in [5, 5.41) is 19.1. The molecule has 0 saturated heterocycles. The number of halogens is 1. The zero-order chi connectivity index (χ0) is 16.4. The number of nitrogens with zero attached hydrogens (tertiary/aromatic N) is 2. The predicted octanol–water partition coefficient (Wildman–Crippen LogP) is 1.93. The monoisotopic (exact) mass is 334 g/mol. The molecule has 1 saturated carbocycles. The number of aromatic nitrogens is 3. The number of rotatable bonds is 5. The fourth-order valence-corrected chi connectivity index (χ4v) is 3.48. The van der Waals surface area contributed by atoms with Gasteiger partial charge in [-0.15, -0.1) is 0 Å². The number of aliphatic hydroxyl groups is 1. The Balaban J connectivity index is 1.74. The molecule has 0 radical (unpaired) electrons. The molecule has 7 heteroatoms. The van der Waals surface area contributed by atoms with Crippen LogP contribution in [0.4, 0.5) is 0 Å². The van der Waals surface area contributed by atoms with Crippen molar-refractivity contribution in [3.8, 4) is 0 Å². The molecule has 0 unspecified atom stereocenters. The zero-order valence-corrected chi connectivity index (χ0v) is 13.6. The van der Waals surface area contributed by atoms with E-state index in [4.69, 9.17) is 16.7 Å². The van der Waals surface area contributed by atoms with Crippen LogP contribution in [-0.4, -0.2) is 26.2 Å². The van der Waals surface area contributed by atoms with Crippen LogP contribution >= 0.6 is 11.6 Å². The Morgan fingerprint density at radius 1 is 1.52 bits per heavy atom. The number of carbonyl (C=O) groups excluding carboxylic acids is 1. The third-order valence-electron chi connectivity index (χ3n) is 4.34. The first kappa shape index (κ1) is 16.0. The van der Waals surface area contributed by atoms with Gasteiger partial charge in [0.2, 0.25) is 5.91 Å². The first-order chi connectivity index (χ1) is 11.0. The third kappa shape index (κ3) is 3.09. The van der Waals surface area contributed by atoms with Gasteiger partial charge in [-0.3, -0.25) is 9.89 Å². The van der Waals surface area contributed by atoms with Gasteiger partial charge in [-0.25, -0.2) is 4.98 Å². The van der Waals surface area contributed by atoms with Crippen LogP contribution < -0.4 is 5.32 Å². The molecule has 1 fully saturated rings. The molecule has 0 aliphatic heterocycles. The summed E-state index contributed by atoms with van der Waals surface area (Å²) in [5.74, 6) is 1.32. The maximum absolute atomic E-state index is 12.8. The number of benzene rings is 1. The Kier molecular flexibility index (Phi) is 4.37. The Bertz CT molecular complexity index is 710. The first-order valence-electron chi connectivity index (χ1n) is 7.59. The van der Waals surface area contributed by atoms with Crippen molar-refractivity contribution >= 4 is 17.5 Å². The highest BCUT2D eigenvalue weighted by Crippen LogP contribution is 2.48. The molecule has 1 aromatic carbocycles. The second-order valence-electron chi connectivity index (χ2n) is 6.14. The normalized spacial score (nSPS) is 23.3. The number of hydrogen-bond acceptors (Lipinski definition) is 4. The summed E-state index contributed by atoms with van der Waals surface area (Å²) in [6, 6.07) is 7.50. The van der Waals surface area contributed by atoms with Gasteiger partial charge in [0.25, 0.3) is 0 Å². The van der Waals surface area contributed by atoms with Crippen molar-refractivity contribution in [1.29, 1.82) is 0 Å². The summed E-state index contributed by atoms with van der Waals surface area (Å²) in [5.41, 5.74) is 0.429. The second-order valence-corrected chi connectivity index (χ2v) is 6.58. The number of H-pyrrole nitrogens is 1.